The summed E-state index contributed by atoms with van der Waals surface area (Å²) in [5, 5.41) is 4.19. The van der Waals surface area contributed by atoms with E-state index >= 15 is 0 Å². The van der Waals surface area contributed by atoms with E-state index in [9.17, 15) is 4.79 Å². The van der Waals surface area contributed by atoms with Crippen LogP contribution in [0.5, 0.6) is 0 Å². The van der Waals surface area contributed by atoms with E-state index < -0.39 is 0 Å². The molecule has 128 valence electrons. The Kier molecular flexibility index (Phi) is 5.68. The molecule has 1 aromatic carbocycles. The predicted octanol–water partition coefficient (Wildman–Crippen LogP) is 2.69. The maximum absolute atomic E-state index is 12.3. The number of hydrogen-bond donors (Lipinski definition) is 0. The lowest BCUT2D eigenvalue weighted by atomic mass is 10.1. The molecule has 0 radical (unpaired) electrons. The van der Waals surface area contributed by atoms with Crippen LogP contribution in [-0.4, -0.2) is 51.7 Å². The molecule has 0 aliphatic carbocycles. The van der Waals surface area contributed by atoms with Crippen molar-refractivity contribution in [1.29, 1.82) is 0 Å². The topological polar surface area (TPSA) is 41.4 Å². The van der Waals surface area contributed by atoms with Crippen molar-refractivity contribution >= 4 is 21.8 Å². The lowest BCUT2D eigenvalue weighted by molar-refractivity contribution is -0.133. The number of aromatic nitrogens is 2. The summed E-state index contributed by atoms with van der Waals surface area (Å²) in [6.45, 7) is 7.20. The molecule has 1 aromatic heterocycles. The SMILES string of the molecule is Cc1ccc(CN2CCN(C(=O)CCn3cc(Br)cn3)CC2)cc1. The molecule has 0 spiro atoms. The number of carbonyl (C=O) groups excluding carboxylic acids is 1. The molecule has 0 bridgehead atoms. The molecule has 1 aliphatic rings. The minimum absolute atomic E-state index is 0.219. The summed E-state index contributed by atoms with van der Waals surface area (Å²) in [5.41, 5.74) is 2.63. The quantitative estimate of drug-likeness (QED) is 0.787. The highest BCUT2D eigenvalue weighted by atomic mass is 79.9. The third kappa shape index (κ3) is 4.68. The number of amides is 1. The summed E-state index contributed by atoms with van der Waals surface area (Å²) in [7, 11) is 0. The Morgan fingerprint density at radius 2 is 1.88 bits per heavy atom. The first-order valence-corrected chi connectivity index (χ1v) is 9.13. The van der Waals surface area contributed by atoms with Crippen LogP contribution in [-0.2, 0) is 17.9 Å². The van der Waals surface area contributed by atoms with Crippen LogP contribution < -0.4 is 0 Å². The molecule has 0 saturated carbocycles. The minimum Gasteiger partial charge on any atom is -0.340 e. The molecule has 24 heavy (non-hydrogen) atoms. The van der Waals surface area contributed by atoms with Crippen LogP contribution in [0.15, 0.2) is 41.1 Å². The van der Waals surface area contributed by atoms with E-state index in [1.807, 2.05) is 11.1 Å². The standard InChI is InChI=1S/C18H23BrN4O/c1-15-2-4-16(5-3-15)13-21-8-10-22(11-9-21)18(24)6-7-23-14-17(19)12-20-23/h2-5,12,14H,6-11,13H2,1H3. The molecule has 1 fully saturated rings. The molecule has 5 nitrogen and oxygen atoms in total. The van der Waals surface area contributed by atoms with E-state index in [1.165, 1.54) is 11.1 Å². The zero-order valence-corrected chi connectivity index (χ0v) is 15.6. The Morgan fingerprint density at radius 3 is 2.50 bits per heavy atom. The number of hydrogen-bond acceptors (Lipinski definition) is 3. The van der Waals surface area contributed by atoms with Gasteiger partial charge < -0.3 is 4.90 Å². The third-order valence-corrected chi connectivity index (χ3v) is 4.82. The van der Waals surface area contributed by atoms with Crippen LogP contribution in [0.1, 0.15) is 17.5 Å². The fourth-order valence-electron chi connectivity index (χ4n) is 2.94. The predicted molar refractivity (Wildman–Crippen MR) is 97.6 cm³/mol. The van der Waals surface area contributed by atoms with E-state index in [4.69, 9.17) is 0 Å². The van der Waals surface area contributed by atoms with E-state index in [2.05, 4.69) is 57.1 Å². The van der Waals surface area contributed by atoms with Crippen molar-refractivity contribution < 1.29 is 4.79 Å². The molecule has 1 amide bonds. The molecule has 3 rings (SSSR count). The van der Waals surface area contributed by atoms with Gasteiger partial charge in [-0.25, -0.2) is 0 Å². The van der Waals surface area contributed by atoms with E-state index in [-0.39, 0.29) is 5.91 Å². The second-order valence-corrected chi connectivity index (χ2v) is 7.23. The van der Waals surface area contributed by atoms with Crippen molar-refractivity contribution in [3.63, 3.8) is 0 Å². The van der Waals surface area contributed by atoms with Crippen molar-refractivity contribution in [2.45, 2.75) is 26.4 Å². The number of rotatable bonds is 5. The molecule has 0 unspecified atom stereocenters. The van der Waals surface area contributed by atoms with Gasteiger partial charge in [-0.3, -0.25) is 14.4 Å². The van der Waals surface area contributed by atoms with Gasteiger partial charge in [-0.2, -0.15) is 5.10 Å². The maximum atomic E-state index is 12.3. The van der Waals surface area contributed by atoms with Crippen molar-refractivity contribution in [1.82, 2.24) is 19.6 Å². The monoisotopic (exact) mass is 390 g/mol. The summed E-state index contributed by atoms with van der Waals surface area (Å²) in [5.74, 6) is 0.219. The molecular formula is C18H23BrN4O. The fourth-order valence-corrected chi connectivity index (χ4v) is 3.26. The van der Waals surface area contributed by atoms with E-state index in [0.717, 1.165) is 37.2 Å². The number of nitrogens with zero attached hydrogens (tertiary/aromatic N) is 4. The van der Waals surface area contributed by atoms with Gasteiger partial charge in [0.2, 0.25) is 5.91 Å². The van der Waals surface area contributed by atoms with Gasteiger partial charge in [0.1, 0.15) is 0 Å². The van der Waals surface area contributed by atoms with Crippen LogP contribution in [0.2, 0.25) is 0 Å². The van der Waals surface area contributed by atoms with Crippen LogP contribution in [0, 0.1) is 6.92 Å². The van der Waals surface area contributed by atoms with Crippen molar-refractivity contribution in [3.05, 3.63) is 52.3 Å². The molecular weight excluding hydrogens is 368 g/mol. The number of aryl methyl sites for hydroxylation is 2. The number of benzene rings is 1. The Hall–Kier alpha value is -1.66. The van der Waals surface area contributed by atoms with Gasteiger partial charge in [-0.15, -0.1) is 0 Å². The lowest BCUT2D eigenvalue weighted by Crippen LogP contribution is -2.48. The fraction of sp³-hybridized carbons (Fsp3) is 0.444. The molecule has 1 saturated heterocycles. The summed E-state index contributed by atoms with van der Waals surface area (Å²) in [4.78, 5) is 16.7. The van der Waals surface area contributed by atoms with Crippen LogP contribution in [0.4, 0.5) is 0 Å². The second kappa shape index (κ2) is 7.94. The lowest BCUT2D eigenvalue weighted by Gasteiger charge is -2.34. The van der Waals surface area contributed by atoms with Gasteiger partial charge in [0.05, 0.1) is 10.7 Å². The first-order valence-electron chi connectivity index (χ1n) is 8.34. The molecule has 0 atom stereocenters. The summed E-state index contributed by atoms with van der Waals surface area (Å²) < 4.78 is 2.75. The average molecular weight is 391 g/mol. The molecule has 1 aliphatic heterocycles. The van der Waals surface area contributed by atoms with E-state index in [1.54, 1.807) is 10.9 Å². The van der Waals surface area contributed by atoms with Crippen LogP contribution >= 0.6 is 15.9 Å². The highest BCUT2D eigenvalue weighted by molar-refractivity contribution is 9.10. The van der Waals surface area contributed by atoms with Crippen LogP contribution in [0.25, 0.3) is 0 Å². The van der Waals surface area contributed by atoms with Gasteiger partial charge in [0.15, 0.2) is 0 Å². The van der Waals surface area contributed by atoms with Gasteiger partial charge in [-0.1, -0.05) is 29.8 Å². The van der Waals surface area contributed by atoms with Gasteiger partial charge >= 0.3 is 0 Å². The number of halogens is 1. The van der Waals surface area contributed by atoms with Gasteiger partial charge in [0, 0.05) is 51.9 Å². The number of piperazine rings is 1. The van der Waals surface area contributed by atoms with E-state index in [0.29, 0.717) is 13.0 Å². The zero-order chi connectivity index (χ0) is 16.9. The highest BCUT2D eigenvalue weighted by Gasteiger charge is 2.20. The van der Waals surface area contributed by atoms with Crippen molar-refractivity contribution in [2.24, 2.45) is 0 Å². The first-order chi connectivity index (χ1) is 11.6. The Balaban J connectivity index is 1.42. The largest absolute Gasteiger partial charge is 0.340 e. The Morgan fingerprint density at radius 1 is 1.17 bits per heavy atom. The minimum atomic E-state index is 0.219. The second-order valence-electron chi connectivity index (χ2n) is 6.31. The van der Waals surface area contributed by atoms with Gasteiger partial charge in [-0.05, 0) is 28.4 Å². The van der Waals surface area contributed by atoms with Crippen molar-refractivity contribution in [3.8, 4) is 0 Å². The average Bonchev–Trinajstić information content (AvgIpc) is 3.01. The van der Waals surface area contributed by atoms with Gasteiger partial charge in [0.25, 0.3) is 0 Å². The molecule has 0 N–H and O–H groups in total. The Bertz CT molecular complexity index is 675. The highest BCUT2D eigenvalue weighted by Crippen LogP contribution is 2.11. The number of carbonyl (C=O) groups is 1. The van der Waals surface area contributed by atoms with Crippen molar-refractivity contribution in [2.75, 3.05) is 26.2 Å². The normalized spacial score (nSPS) is 15.7. The molecule has 2 heterocycles. The summed E-state index contributed by atoms with van der Waals surface area (Å²) in [6, 6.07) is 8.69. The first kappa shape index (κ1) is 17.2. The Labute approximate surface area is 151 Å². The molecule has 2 aromatic rings. The molecule has 6 heteroatoms. The van der Waals surface area contributed by atoms with Crippen LogP contribution in [0.3, 0.4) is 0 Å². The smallest absolute Gasteiger partial charge is 0.224 e. The summed E-state index contributed by atoms with van der Waals surface area (Å²) in [6.07, 6.45) is 4.15. The zero-order valence-electron chi connectivity index (χ0n) is 14.0. The third-order valence-electron chi connectivity index (χ3n) is 4.41. The summed E-state index contributed by atoms with van der Waals surface area (Å²) >= 11 is 3.37. The maximum Gasteiger partial charge on any atom is 0.224 e.